The van der Waals surface area contributed by atoms with Crippen molar-refractivity contribution in [3.05, 3.63) is 35.7 Å². The van der Waals surface area contributed by atoms with Gasteiger partial charge in [0.2, 0.25) is 0 Å². The molecule has 102 valence electrons. The van der Waals surface area contributed by atoms with Crippen LogP contribution < -0.4 is 5.32 Å². The number of aliphatic carboxylic acids is 1. The van der Waals surface area contributed by atoms with Gasteiger partial charge in [0.15, 0.2) is 0 Å². The summed E-state index contributed by atoms with van der Waals surface area (Å²) >= 11 is 0. The molecule has 0 unspecified atom stereocenters. The fraction of sp³-hybridized carbons (Fsp3) is 0.357. The lowest BCUT2D eigenvalue weighted by atomic mass is 10.1. The van der Waals surface area contributed by atoms with Crippen molar-refractivity contribution >= 4 is 18.0 Å². The van der Waals surface area contributed by atoms with Gasteiger partial charge < -0.3 is 10.4 Å². The van der Waals surface area contributed by atoms with E-state index in [1.54, 1.807) is 6.07 Å². The van der Waals surface area contributed by atoms with Gasteiger partial charge in [0.1, 0.15) is 0 Å². The number of rotatable bonds is 6. The van der Waals surface area contributed by atoms with E-state index < -0.39 is 5.97 Å². The monoisotopic (exact) mass is 262 g/mol. The molecule has 0 bridgehead atoms. The number of carboxylic acids is 1. The molecule has 1 amide bonds. The third-order valence-electron chi connectivity index (χ3n) is 2.45. The van der Waals surface area contributed by atoms with Crippen molar-refractivity contribution in [2.24, 2.45) is 5.92 Å². The number of nitrogens with one attached hydrogen (secondary N) is 1. The van der Waals surface area contributed by atoms with E-state index >= 15 is 0 Å². The molecule has 0 spiro atoms. The van der Waals surface area contributed by atoms with Crippen LogP contribution in [0, 0.1) is 5.92 Å². The van der Waals surface area contributed by atoms with Crippen LogP contribution in [0.4, 0.5) is 0 Å². The highest BCUT2D eigenvalue weighted by Gasteiger charge is 2.06. The highest BCUT2D eigenvalue weighted by molar-refractivity contribution is 5.94. The first kappa shape index (κ1) is 14.9. The van der Waals surface area contributed by atoms with E-state index in [0.29, 0.717) is 23.6 Å². The van der Waals surface area contributed by atoms with Crippen molar-refractivity contribution in [3.63, 3.8) is 0 Å². The molecular weight excluding hydrogens is 244 g/mol. The average Bonchev–Trinajstić information content (AvgIpc) is 2.36. The number of hydrogen-bond acceptors (Lipinski definition) is 3. The van der Waals surface area contributed by atoms with Crippen molar-refractivity contribution in [2.45, 2.75) is 20.3 Å². The van der Waals surface area contributed by atoms with E-state index in [1.165, 1.54) is 18.5 Å². The molecule has 2 N–H and O–H groups in total. The standard InChI is InChI=1S/C14H18N2O3/c1-10(2)5-6-16-14(19)12-7-11(8-15-9-12)3-4-13(17)18/h3-4,7-10H,5-6H2,1-2H3,(H,16,19)(H,17,18)/b4-3+. The molecule has 1 heterocycles. The molecule has 0 aliphatic rings. The molecule has 5 nitrogen and oxygen atoms in total. The summed E-state index contributed by atoms with van der Waals surface area (Å²) in [4.78, 5) is 26.2. The molecule has 0 saturated heterocycles. The van der Waals surface area contributed by atoms with E-state index in [0.717, 1.165) is 12.5 Å². The lowest BCUT2D eigenvalue weighted by Gasteiger charge is -2.07. The van der Waals surface area contributed by atoms with Crippen molar-refractivity contribution in [3.8, 4) is 0 Å². The van der Waals surface area contributed by atoms with Crippen molar-refractivity contribution in [1.82, 2.24) is 10.3 Å². The summed E-state index contributed by atoms with van der Waals surface area (Å²) in [6.45, 7) is 4.79. The number of pyridine rings is 1. The summed E-state index contributed by atoms with van der Waals surface area (Å²) in [7, 11) is 0. The molecule has 19 heavy (non-hydrogen) atoms. The van der Waals surface area contributed by atoms with Crippen LogP contribution in [0.15, 0.2) is 24.5 Å². The maximum absolute atomic E-state index is 11.8. The SMILES string of the molecule is CC(C)CCNC(=O)c1cncc(/C=C/C(=O)O)c1. The first-order chi connectivity index (χ1) is 8.99. The number of carboxylic acid groups (broad SMARTS) is 1. The summed E-state index contributed by atoms with van der Waals surface area (Å²) < 4.78 is 0. The first-order valence-electron chi connectivity index (χ1n) is 6.13. The van der Waals surface area contributed by atoms with Crippen LogP contribution in [0.2, 0.25) is 0 Å². The van der Waals surface area contributed by atoms with Gasteiger partial charge in [0.25, 0.3) is 5.91 Å². The Balaban J connectivity index is 2.65. The van der Waals surface area contributed by atoms with Crippen LogP contribution in [0.3, 0.4) is 0 Å². The number of carbonyl (C=O) groups is 2. The van der Waals surface area contributed by atoms with E-state index in [9.17, 15) is 9.59 Å². The Labute approximate surface area is 112 Å². The molecule has 1 aromatic rings. The molecule has 0 radical (unpaired) electrons. The molecule has 0 fully saturated rings. The Morgan fingerprint density at radius 1 is 1.42 bits per heavy atom. The van der Waals surface area contributed by atoms with Crippen LogP contribution in [0.5, 0.6) is 0 Å². The van der Waals surface area contributed by atoms with Gasteiger partial charge in [0, 0.05) is 25.0 Å². The fourth-order valence-corrected chi connectivity index (χ4v) is 1.42. The zero-order chi connectivity index (χ0) is 14.3. The minimum atomic E-state index is -1.04. The minimum Gasteiger partial charge on any atom is -0.478 e. The number of aromatic nitrogens is 1. The normalized spacial score (nSPS) is 10.9. The predicted molar refractivity (Wildman–Crippen MR) is 72.7 cm³/mol. The number of amides is 1. The molecule has 0 aromatic carbocycles. The van der Waals surface area contributed by atoms with Gasteiger partial charge in [-0.05, 0) is 30.0 Å². The maximum atomic E-state index is 11.8. The Hall–Kier alpha value is -2.17. The van der Waals surface area contributed by atoms with Crippen LogP contribution in [-0.2, 0) is 4.79 Å². The molecular formula is C14H18N2O3. The number of carbonyl (C=O) groups excluding carboxylic acids is 1. The van der Waals surface area contributed by atoms with Gasteiger partial charge in [-0.3, -0.25) is 9.78 Å². The highest BCUT2D eigenvalue weighted by Crippen LogP contribution is 2.05. The van der Waals surface area contributed by atoms with Crippen LogP contribution in [0.25, 0.3) is 6.08 Å². The second-order valence-electron chi connectivity index (χ2n) is 4.62. The molecule has 5 heteroatoms. The van der Waals surface area contributed by atoms with E-state index in [-0.39, 0.29) is 5.91 Å². The average molecular weight is 262 g/mol. The number of hydrogen-bond donors (Lipinski definition) is 2. The maximum Gasteiger partial charge on any atom is 0.328 e. The van der Waals surface area contributed by atoms with Crippen molar-refractivity contribution in [1.29, 1.82) is 0 Å². The molecule has 0 aliphatic heterocycles. The Bertz CT molecular complexity index is 481. The summed E-state index contributed by atoms with van der Waals surface area (Å²) in [5, 5.41) is 11.3. The van der Waals surface area contributed by atoms with Gasteiger partial charge in [-0.15, -0.1) is 0 Å². The van der Waals surface area contributed by atoms with Gasteiger partial charge >= 0.3 is 5.97 Å². The molecule has 1 rings (SSSR count). The predicted octanol–water partition coefficient (Wildman–Crippen LogP) is 1.96. The second-order valence-corrected chi connectivity index (χ2v) is 4.62. The quantitative estimate of drug-likeness (QED) is 0.768. The Kier molecular flexibility index (Phi) is 5.73. The lowest BCUT2D eigenvalue weighted by molar-refractivity contribution is -0.131. The van der Waals surface area contributed by atoms with Gasteiger partial charge in [-0.1, -0.05) is 13.8 Å². The summed E-state index contributed by atoms with van der Waals surface area (Å²) in [6.07, 6.45) is 6.29. The minimum absolute atomic E-state index is 0.196. The summed E-state index contributed by atoms with van der Waals surface area (Å²) in [6, 6.07) is 1.61. The highest BCUT2D eigenvalue weighted by atomic mass is 16.4. The van der Waals surface area contributed by atoms with E-state index in [4.69, 9.17) is 5.11 Å². The Morgan fingerprint density at radius 3 is 2.79 bits per heavy atom. The van der Waals surface area contributed by atoms with Gasteiger partial charge in [0.05, 0.1) is 5.56 Å². The van der Waals surface area contributed by atoms with Crippen LogP contribution >= 0.6 is 0 Å². The largest absolute Gasteiger partial charge is 0.478 e. The molecule has 0 aliphatic carbocycles. The Morgan fingerprint density at radius 2 is 2.16 bits per heavy atom. The zero-order valence-corrected chi connectivity index (χ0v) is 11.1. The first-order valence-corrected chi connectivity index (χ1v) is 6.13. The van der Waals surface area contributed by atoms with E-state index in [1.807, 2.05) is 0 Å². The lowest BCUT2D eigenvalue weighted by Crippen LogP contribution is -2.25. The number of nitrogens with zero attached hydrogens (tertiary/aromatic N) is 1. The van der Waals surface area contributed by atoms with Crippen LogP contribution in [0.1, 0.15) is 36.2 Å². The van der Waals surface area contributed by atoms with Crippen molar-refractivity contribution < 1.29 is 14.7 Å². The zero-order valence-electron chi connectivity index (χ0n) is 11.1. The smallest absolute Gasteiger partial charge is 0.328 e. The van der Waals surface area contributed by atoms with E-state index in [2.05, 4.69) is 24.1 Å². The fourth-order valence-electron chi connectivity index (χ4n) is 1.42. The molecule has 0 atom stereocenters. The molecule has 0 saturated carbocycles. The third-order valence-corrected chi connectivity index (χ3v) is 2.45. The third kappa shape index (κ3) is 5.81. The summed E-state index contributed by atoms with van der Waals surface area (Å²) in [5.41, 5.74) is 1.01. The van der Waals surface area contributed by atoms with Gasteiger partial charge in [-0.2, -0.15) is 0 Å². The van der Waals surface area contributed by atoms with Crippen molar-refractivity contribution in [2.75, 3.05) is 6.54 Å². The summed E-state index contributed by atoms with van der Waals surface area (Å²) in [5.74, 6) is -0.700. The second kappa shape index (κ2) is 7.31. The van der Waals surface area contributed by atoms with Gasteiger partial charge in [-0.25, -0.2) is 4.79 Å². The molecule has 1 aromatic heterocycles. The van der Waals surface area contributed by atoms with Crippen LogP contribution in [-0.4, -0.2) is 28.5 Å². The topological polar surface area (TPSA) is 79.3 Å².